The minimum atomic E-state index is -0.987. The molecule has 0 fully saturated rings. The Kier molecular flexibility index (Phi) is 8.21. The number of para-hydroxylation sites is 1. The van der Waals surface area contributed by atoms with Gasteiger partial charge in [0.15, 0.2) is 0 Å². The van der Waals surface area contributed by atoms with Crippen molar-refractivity contribution < 1.29 is 24.6 Å². The second-order valence-corrected chi connectivity index (χ2v) is 6.80. The van der Waals surface area contributed by atoms with Crippen LogP contribution in [0.5, 0.6) is 0 Å². The van der Waals surface area contributed by atoms with Gasteiger partial charge in [-0.15, -0.1) is 0 Å². The lowest BCUT2D eigenvalue weighted by molar-refractivity contribution is -0.139. The first kappa shape index (κ1) is 21.9. The summed E-state index contributed by atoms with van der Waals surface area (Å²) in [5.74, 6) is -2.98. The molecule has 4 N–H and O–H groups in total. The molecule has 2 aromatic carbocycles. The first-order valence-electron chi connectivity index (χ1n) is 9.50. The van der Waals surface area contributed by atoms with E-state index in [0.29, 0.717) is 24.1 Å². The Balaban J connectivity index is 2.09. The maximum atomic E-state index is 12.2. The minimum Gasteiger partial charge on any atom is -0.481 e. The topological polar surface area (TPSA) is 116 Å². The van der Waals surface area contributed by atoms with E-state index in [0.717, 1.165) is 5.56 Å². The van der Waals surface area contributed by atoms with Gasteiger partial charge in [-0.05, 0) is 37.0 Å². The highest BCUT2D eigenvalue weighted by Crippen LogP contribution is 2.29. The highest BCUT2D eigenvalue weighted by atomic mass is 16.4. The Hall–Kier alpha value is -3.35. The smallest absolute Gasteiger partial charge is 0.311 e. The Morgan fingerprint density at radius 2 is 1.62 bits per heavy atom. The van der Waals surface area contributed by atoms with E-state index in [9.17, 15) is 19.5 Å². The number of anilines is 1. The first-order chi connectivity index (χ1) is 13.9. The number of carbonyl (C=O) groups is 3. The molecule has 1 amide bonds. The van der Waals surface area contributed by atoms with Gasteiger partial charge in [0.05, 0.1) is 12.3 Å². The van der Waals surface area contributed by atoms with Gasteiger partial charge in [0.2, 0.25) is 5.91 Å². The summed E-state index contributed by atoms with van der Waals surface area (Å²) in [7, 11) is 0. The SMILES string of the molecule is CC(Nc1ccccc1C(CCc1ccccc1)C(=O)O)C(=O)NCCC(=O)O. The van der Waals surface area contributed by atoms with Gasteiger partial charge in [0, 0.05) is 12.2 Å². The van der Waals surface area contributed by atoms with Crippen molar-refractivity contribution in [1.82, 2.24) is 5.32 Å². The maximum absolute atomic E-state index is 12.2. The number of hydrogen-bond acceptors (Lipinski definition) is 4. The van der Waals surface area contributed by atoms with Gasteiger partial charge in [0.25, 0.3) is 0 Å². The lowest BCUT2D eigenvalue weighted by Gasteiger charge is -2.21. The number of hydrogen-bond donors (Lipinski definition) is 4. The highest BCUT2D eigenvalue weighted by molar-refractivity contribution is 5.85. The van der Waals surface area contributed by atoms with Crippen LogP contribution in [0.1, 0.15) is 36.8 Å². The second kappa shape index (κ2) is 10.8. The number of carboxylic acids is 2. The summed E-state index contributed by atoms with van der Waals surface area (Å²) in [5, 5.41) is 24.1. The van der Waals surface area contributed by atoms with Gasteiger partial charge in [-0.1, -0.05) is 48.5 Å². The molecule has 2 aromatic rings. The van der Waals surface area contributed by atoms with Crippen LogP contribution in [0.25, 0.3) is 0 Å². The molecule has 29 heavy (non-hydrogen) atoms. The van der Waals surface area contributed by atoms with Gasteiger partial charge < -0.3 is 20.8 Å². The van der Waals surface area contributed by atoms with Gasteiger partial charge in [0.1, 0.15) is 6.04 Å². The van der Waals surface area contributed by atoms with Crippen LogP contribution in [-0.4, -0.2) is 40.6 Å². The monoisotopic (exact) mass is 398 g/mol. The number of carbonyl (C=O) groups excluding carboxylic acids is 1. The molecule has 0 aromatic heterocycles. The molecule has 2 atom stereocenters. The molecule has 0 spiro atoms. The van der Waals surface area contributed by atoms with Crippen molar-refractivity contribution in [2.45, 2.75) is 38.1 Å². The lowest BCUT2D eigenvalue weighted by Crippen LogP contribution is -2.38. The zero-order chi connectivity index (χ0) is 21.2. The zero-order valence-electron chi connectivity index (χ0n) is 16.3. The van der Waals surface area contributed by atoms with E-state index in [1.807, 2.05) is 30.3 Å². The van der Waals surface area contributed by atoms with Crippen molar-refractivity contribution in [3.63, 3.8) is 0 Å². The molecule has 0 aliphatic carbocycles. The molecule has 0 aliphatic heterocycles. The van der Waals surface area contributed by atoms with Crippen molar-refractivity contribution in [1.29, 1.82) is 0 Å². The molecule has 2 rings (SSSR count). The molecule has 0 aliphatic rings. The number of nitrogens with one attached hydrogen (secondary N) is 2. The second-order valence-electron chi connectivity index (χ2n) is 6.80. The largest absolute Gasteiger partial charge is 0.481 e. The van der Waals surface area contributed by atoms with Gasteiger partial charge in [-0.25, -0.2) is 0 Å². The summed E-state index contributed by atoms with van der Waals surface area (Å²) < 4.78 is 0. The number of aryl methyl sites for hydroxylation is 1. The molecule has 0 bridgehead atoms. The van der Waals surface area contributed by atoms with Crippen molar-refractivity contribution in [2.24, 2.45) is 0 Å². The number of aliphatic carboxylic acids is 2. The third kappa shape index (κ3) is 6.95. The predicted molar refractivity (Wildman–Crippen MR) is 110 cm³/mol. The first-order valence-corrected chi connectivity index (χ1v) is 9.50. The summed E-state index contributed by atoms with van der Waals surface area (Å²) >= 11 is 0. The Labute approximate surface area is 169 Å². The fourth-order valence-corrected chi connectivity index (χ4v) is 3.04. The Morgan fingerprint density at radius 3 is 2.28 bits per heavy atom. The van der Waals surface area contributed by atoms with E-state index in [2.05, 4.69) is 10.6 Å². The molecule has 0 saturated heterocycles. The van der Waals surface area contributed by atoms with Crippen molar-refractivity contribution in [2.75, 3.05) is 11.9 Å². The molecule has 7 nitrogen and oxygen atoms in total. The van der Waals surface area contributed by atoms with Gasteiger partial charge in [-0.3, -0.25) is 14.4 Å². The van der Waals surface area contributed by atoms with E-state index in [-0.39, 0.29) is 18.9 Å². The number of amides is 1. The quantitative estimate of drug-likeness (QED) is 0.463. The van der Waals surface area contributed by atoms with Crippen LogP contribution in [0.2, 0.25) is 0 Å². The zero-order valence-corrected chi connectivity index (χ0v) is 16.3. The van der Waals surface area contributed by atoms with Gasteiger partial charge >= 0.3 is 11.9 Å². The van der Waals surface area contributed by atoms with E-state index in [4.69, 9.17) is 5.11 Å². The van der Waals surface area contributed by atoms with Crippen LogP contribution in [0.15, 0.2) is 54.6 Å². The fourth-order valence-electron chi connectivity index (χ4n) is 3.04. The summed E-state index contributed by atoms with van der Waals surface area (Å²) in [5.41, 5.74) is 2.25. The fraction of sp³-hybridized carbons (Fsp3) is 0.318. The molecular formula is C22H26N2O5. The van der Waals surface area contributed by atoms with Crippen LogP contribution in [0, 0.1) is 0 Å². The Morgan fingerprint density at radius 1 is 0.966 bits per heavy atom. The molecule has 154 valence electrons. The van der Waals surface area contributed by atoms with Crippen molar-refractivity contribution in [3.05, 3.63) is 65.7 Å². The van der Waals surface area contributed by atoms with E-state index in [1.54, 1.807) is 31.2 Å². The minimum absolute atomic E-state index is 0.0384. The van der Waals surface area contributed by atoms with Crippen molar-refractivity contribution >= 4 is 23.5 Å². The van der Waals surface area contributed by atoms with E-state index >= 15 is 0 Å². The summed E-state index contributed by atoms with van der Waals surface area (Å²) in [6.45, 7) is 1.68. The third-order valence-corrected chi connectivity index (χ3v) is 4.60. The summed E-state index contributed by atoms with van der Waals surface area (Å²) in [4.78, 5) is 34.7. The molecule has 0 radical (unpaired) electrons. The van der Waals surface area contributed by atoms with Crippen LogP contribution in [0.4, 0.5) is 5.69 Å². The van der Waals surface area contributed by atoms with Crippen molar-refractivity contribution in [3.8, 4) is 0 Å². The lowest BCUT2D eigenvalue weighted by atomic mass is 9.91. The molecule has 0 heterocycles. The summed E-state index contributed by atoms with van der Waals surface area (Å²) in [6.07, 6.45) is 0.893. The van der Waals surface area contributed by atoms with E-state index < -0.39 is 23.9 Å². The molecule has 2 unspecified atom stereocenters. The maximum Gasteiger partial charge on any atom is 0.311 e. The summed E-state index contributed by atoms with van der Waals surface area (Å²) in [6, 6.07) is 16.1. The third-order valence-electron chi connectivity index (χ3n) is 4.60. The van der Waals surface area contributed by atoms with Gasteiger partial charge in [-0.2, -0.15) is 0 Å². The predicted octanol–water partition coefficient (Wildman–Crippen LogP) is 2.88. The molecular weight excluding hydrogens is 372 g/mol. The number of rotatable bonds is 11. The Bertz CT molecular complexity index is 838. The van der Waals surface area contributed by atoms with Crippen LogP contribution in [0.3, 0.4) is 0 Å². The average molecular weight is 398 g/mol. The van der Waals surface area contributed by atoms with Crippen LogP contribution >= 0.6 is 0 Å². The molecule has 7 heteroatoms. The normalized spacial score (nSPS) is 12.6. The van der Waals surface area contributed by atoms with Crippen LogP contribution in [-0.2, 0) is 20.8 Å². The number of carboxylic acid groups (broad SMARTS) is 2. The average Bonchev–Trinajstić information content (AvgIpc) is 2.69. The van der Waals surface area contributed by atoms with E-state index in [1.165, 1.54) is 0 Å². The highest BCUT2D eigenvalue weighted by Gasteiger charge is 2.24. The molecule has 0 saturated carbocycles. The standard InChI is InChI=1S/C22H26N2O5/c1-15(21(27)23-14-13-20(25)26)24-19-10-6-5-9-17(19)18(22(28)29)12-11-16-7-3-2-4-8-16/h2-10,15,18,24H,11-14H2,1H3,(H,23,27)(H,25,26)(H,28,29). The van der Waals surface area contributed by atoms with Crippen LogP contribution < -0.4 is 10.6 Å². The number of benzene rings is 2.